The van der Waals surface area contributed by atoms with Crippen molar-refractivity contribution in [2.24, 2.45) is 22.2 Å². The van der Waals surface area contributed by atoms with Crippen LogP contribution in [0.25, 0.3) is 5.76 Å². The second kappa shape index (κ2) is 15.7. The van der Waals surface area contributed by atoms with E-state index < -0.39 is 50.6 Å². The maximum Gasteiger partial charge on any atom is 0.184 e. The first-order valence-electron chi connectivity index (χ1n) is 17.6. The van der Waals surface area contributed by atoms with Crippen molar-refractivity contribution in [2.75, 3.05) is 0 Å². The number of Topliss-reactive ketones (excluding diaryl/α,β-unsaturated/α-hetero) is 3. The number of ketones is 3. The van der Waals surface area contributed by atoms with Crippen molar-refractivity contribution in [2.45, 2.75) is 121 Å². The monoisotopic (exact) mass is 670 g/mol. The van der Waals surface area contributed by atoms with Crippen LogP contribution in [0.5, 0.6) is 11.5 Å². The molecule has 0 saturated heterocycles. The number of hydrogen-bond acceptors (Lipinski definition) is 6. The topological polar surface area (TPSA) is 112 Å². The highest BCUT2D eigenvalue weighted by Crippen LogP contribution is 2.65. The molecule has 0 unspecified atom stereocenters. The van der Waals surface area contributed by atoms with E-state index in [-0.39, 0.29) is 36.5 Å². The van der Waals surface area contributed by atoms with Gasteiger partial charge in [0.1, 0.15) is 16.7 Å². The van der Waals surface area contributed by atoms with E-state index in [1.165, 1.54) is 28.9 Å². The highest BCUT2D eigenvalue weighted by Gasteiger charge is 2.73. The molecule has 2 aliphatic rings. The SMILES string of the molecule is CC(C)=CCCC(C)=CC[C@H]1C[C@@]2(CC=C(C)CCC=C(C)C)C(=O)C(=C(O)c3ccc(O)c(O)c3)C(=O)[C@](CC=C(C)C)(C2=O)C1(C)C. The predicted octanol–water partition coefficient (Wildman–Crippen LogP) is 10.6. The van der Waals surface area contributed by atoms with Gasteiger partial charge in [0.2, 0.25) is 0 Å². The Labute approximate surface area is 294 Å². The molecule has 1 aromatic carbocycles. The number of carbonyl (C=O) groups excluding carboxylic acids is 3. The van der Waals surface area contributed by atoms with E-state index in [0.717, 1.165) is 42.9 Å². The van der Waals surface area contributed by atoms with Gasteiger partial charge < -0.3 is 15.3 Å². The van der Waals surface area contributed by atoms with Crippen molar-refractivity contribution < 1.29 is 29.7 Å². The Hall–Kier alpha value is -3.93. The van der Waals surface area contributed by atoms with Crippen molar-refractivity contribution in [3.8, 4) is 11.5 Å². The second-order valence-corrected chi connectivity index (χ2v) is 15.7. The van der Waals surface area contributed by atoms with Crippen LogP contribution in [0, 0.1) is 22.2 Å². The summed E-state index contributed by atoms with van der Waals surface area (Å²) < 4.78 is 0. The van der Waals surface area contributed by atoms with Crippen LogP contribution >= 0.6 is 0 Å². The van der Waals surface area contributed by atoms with Gasteiger partial charge >= 0.3 is 0 Å². The summed E-state index contributed by atoms with van der Waals surface area (Å²) in [6.45, 7) is 20.2. The Morgan fingerprint density at radius 1 is 0.735 bits per heavy atom. The zero-order valence-electron chi connectivity index (χ0n) is 31.4. The van der Waals surface area contributed by atoms with Gasteiger partial charge in [0.05, 0.1) is 5.41 Å². The van der Waals surface area contributed by atoms with Crippen molar-refractivity contribution in [3.05, 3.63) is 87.6 Å². The van der Waals surface area contributed by atoms with Crippen LogP contribution in [0.1, 0.15) is 126 Å². The minimum absolute atomic E-state index is 0.0182. The average Bonchev–Trinajstić information content (AvgIpc) is 3.00. The number of allylic oxidation sites excluding steroid dienone is 11. The molecule has 3 N–H and O–H groups in total. The smallest absolute Gasteiger partial charge is 0.184 e. The molecular formula is C43H58O6. The highest BCUT2D eigenvalue weighted by atomic mass is 16.3. The highest BCUT2D eigenvalue weighted by molar-refractivity contribution is 6.41. The molecule has 0 aromatic heterocycles. The molecule has 0 heterocycles. The van der Waals surface area contributed by atoms with Gasteiger partial charge in [-0.05, 0) is 136 Å². The van der Waals surface area contributed by atoms with Crippen LogP contribution in [0.4, 0.5) is 0 Å². The second-order valence-electron chi connectivity index (χ2n) is 15.7. The molecule has 2 fully saturated rings. The van der Waals surface area contributed by atoms with E-state index >= 15 is 9.59 Å². The molecule has 0 spiro atoms. The number of rotatable bonds is 13. The number of phenols is 2. The Morgan fingerprint density at radius 3 is 1.82 bits per heavy atom. The Kier molecular flexibility index (Phi) is 12.7. The van der Waals surface area contributed by atoms with Crippen LogP contribution in [-0.4, -0.2) is 32.7 Å². The zero-order chi connectivity index (χ0) is 36.9. The van der Waals surface area contributed by atoms with Gasteiger partial charge in [-0.25, -0.2) is 0 Å². The molecule has 1 aromatic rings. The number of aliphatic hydroxyl groups excluding tert-OH is 1. The van der Waals surface area contributed by atoms with Crippen molar-refractivity contribution in [3.63, 3.8) is 0 Å². The summed E-state index contributed by atoms with van der Waals surface area (Å²) in [7, 11) is 0. The molecule has 0 aliphatic heterocycles. The lowest BCUT2D eigenvalue weighted by Gasteiger charge is -2.60. The standard InChI is InChI=1S/C43H58O6/c1-27(2)13-11-15-30(7)17-19-33-26-42(23-22-31(8)16-12-14-28(3)4)38(47)36(37(46)32-18-20-34(44)35(45)25-32)39(48)43(40(42)49,41(33,9)10)24-21-29(5)6/h13-14,17-18,20-22,25,33,44-46H,11-12,15-16,19,23-24,26H2,1-10H3/t33-,42-,43+/m0/s1. The zero-order valence-corrected chi connectivity index (χ0v) is 31.4. The number of phenolic OH excluding ortho intramolecular Hbond substituents is 2. The molecule has 6 heteroatoms. The maximum atomic E-state index is 15.2. The van der Waals surface area contributed by atoms with E-state index in [2.05, 4.69) is 52.8 Å². The number of carbonyl (C=O) groups is 3. The summed E-state index contributed by atoms with van der Waals surface area (Å²) in [6.07, 6.45) is 15.0. The third-order valence-electron chi connectivity index (χ3n) is 10.8. The van der Waals surface area contributed by atoms with Gasteiger partial charge in [-0.1, -0.05) is 72.1 Å². The first kappa shape index (κ1) is 39.5. The average molecular weight is 671 g/mol. The van der Waals surface area contributed by atoms with Crippen LogP contribution in [-0.2, 0) is 14.4 Å². The number of aliphatic hydroxyl groups is 1. The number of benzene rings is 1. The van der Waals surface area contributed by atoms with E-state index in [1.807, 2.05) is 46.8 Å². The predicted molar refractivity (Wildman–Crippen MR) is 199 cm³/mol. The lowest BCUT2D eigenvalue weighted by molar-refractivity contribution is -0.176. The maximum absolute atomic E-state index is 15.2. The molecule has 266 valence electrons. The number of hydrogen-bond donors (Lipinski definition) is 3. The molecule has 2 aliphatic carbocycles. The molecular weight excluding hydrogens is 612 g/mol. The Morgan fingerprint density at radius 2 is 1.29 bits per heavy atom. The first-order valence-corrected chi connectivity index (χ1v) is 17.6. The van der Waals surface area contributed by atoms with Crippen LogP contribution < -0.4 is 0 Å². The number of fused-ring (bicyclic) bond motifs is 2. The molecule has 3 atom stereocenters. The summed E-state index contributed by atoms with van der Waals surface area (Å²) in [5.74, 6) is -3.36. The molecule has 49 heavy (non-hydrogen) atoms. The van der Waals surface area contributed by atoms with Crippen LogP contribution in [0.15, 0.2) is 82.0 Å². The van der Waals surface area contributed by atoms with Gasteiger partial charge in [-0.2, -0.15) is 0 Å². The van der Waals surface area contributed by atoms with E-state index in [4.69, 9.17) is 0 Å². The molecule has 6 nitrogen and oxygen atoms in total. The van der Waals surface area contributed by atoms with Gasteiger partial charge in [0.15, 0.2) is 28.8 Å². The third kappa shape index (κ3) is 8.11. The Balaban J connectivity index is 2.32. The summed E-state index contributed by atoms with van der Waals surface area (Å²) in [6, 6.07) is 3.68. The van der Waals surface area contributed by atoms with Crippen molar-refractivity contribution >= 4 is 23.1 Å². The Bertz CT molecular complexity index is 1650. The fourth-order valence-corrected chi connectivity index (χ4v) is 7.52. The van der Waals surface area contributed by atoms with Gasteiger partial charge in [0, 0.05) is 5.56 Å². The van der Waals surface area contributed by atoms with E-state index in [1.54, 1.807) is 0 Å². The molecule has 3 rings (SSSR count). The normalized spacial score (nSPS) is 24.8. The molecule has 2 saturated carbocycles. The van der Waals surface area contributed by atoms with E-state index in [9.17, 15) is 20.1 Å². The first-order chi connectivity index (χ1) is 22.8. The lowest BCUT2D eigenvalue weighted by atomic mass is 9.38. The van der Waals surface area contributed by atoms with Gasteiger partial charge in [-0.15, -0.1) is 0 Å². The summed E-state index contributed by atoms with van der Waals surface area (Å²) in [5, 5.41) is 31.9. The minimum atomic E-state index is -1.61. The minimum Gasteiger partial charge on any atom is -0.506 e. The van der Waals surface area contributed by atoms with Crippen molar-refractivity contribution in [1.29, 1.82) is 0 Å². The van der Waals surface area contributed by atoms with Crippen LogP contribution in [0.2, 0.25) is 0 Å². The van der Waals surface area contributed by atoms with Gasteiger partial charge in [0.25, 0.3) is 0 Å². The quantitative estimate of drug-likeness (QED) is 0.0481. The summed E-state index contributed by atoms with van der Waals surface area (Å²) in [5.41, 5.74) is 1.27. The molecule has 0 radical (unpaired) electrons. The van der Waals surface area contributed by atoms with Crippen LogP contribution in [0.3, 0.4) is 0 Å². The third-order valence-corrected chi connectivity index (χ3v) is 10.8. The number of aromatic hydroxyl groups is 2. The fourth-order valence-electron chi connectivity index (χ4n) is 7.52. The lowest BCUT2D eigenvalue weighted by Crippen LogP contribution is -2.69. The largest absolute Gasteiger partial charge is 0.506 e. The van der Waals surface area contributed by atoms with Gasteiger partial charge in [-0.3, -0.25) is 14.4 Å². The van der Waals surface area contributed by atoms with E-state index in [0.29, 0.717) is 6.42 Å². The summed E-state index contributed by atoms with van der Waals surface area (Å²) in [4.78, 5) is 45.1. The fraction of sp³-hybridized carbons (Fsp3) is 0.512. The molecule has 0 amide bonds. The summed E-state index contributed by atoms with van der Waals surface area (Å²) >= 11 is 0. The van der Waals surface area contributed by atoms with Crippen molar-refractivity contribution in [1.82, 2.24) is 0 Å². The molecule has 2 bridgehead atoms.